The molecule has 0 N–H and O–H groups in total. The predicted molar refractivity (Wildman–Crippen MR) is 251 cm³/mol. The average molecular weight is 825 g/mol. The van der Waals surface area contributed by atoms with E-state index in [1.807, 2.05) is 0 Å². The minimum atomic E-state index is -0.792. The molecule has 0 amide bonds. The minimum Gasteiger partial charge on any atom is -0.462 e. The molecule has 340 valence electrons. The van der Waals surface area contributed by atoms with E-state index in [9.17, 15) is 14.4 Å². The Bertz CT molecular complexity index is 1090. The zero-order chi connectivity index (χ0) is 43.0. The highest BCUT2D eigenvalue weighted by Gasteiger charge is 2.19. The van der Waals surface area contributed by atoms with Crippen LogP contribution in [-0.2, 0) is 28.6 Å². The van der Waals surface area contributed by atoms with E-state index in [0.717, 1.165) is 77.0 Å². The van der Waals surface area contributed by atoms with Crippen molar-refractivity contribution < 1.29 is 28.6 Å². The summed E-state index contributed by atoms with van der Waals surface area (Å²) < 4.78 is 16.7. The van der Waals surface area contributed by atoms with Crippen molar-refractivity contribution in [2.45, 2.75) is 245 Å². The van der Waals surface area contributed by atoms with Crippen LogP contribution in [0.4, 0.5) is 0 Å². The van der Waals surface area contributed by atoms with Gasteiger partial charge in [-0.15, -0.1) is 0 Å². The summed E-state index contributed by atoms with van der Waals surface area (Å²) in [6.45, 7) is 6.50. The molecule has 0 aromatic carbocycles. The van der Waals surface area contributed by atoms with Crippen molar-refractivity contribution in [1.82, 2.24) is 0 Å². The molecule has 0 saturated carbocycles. The van der Waals surface area contributed by atoms with Gasteiger partial charge in [0, 0.05) is 19.3 Å². The molecule has 0 aliphatic rings. The van der Waals surface area contributed by atoms with Crippen LogP contribution in [0.25, 0.3) is 0 Å². The smallest absolute Gasteiger partial charge is 0.306 e. The fraction of sp³-hybridized carbons (Fsp3) is 0.755. The van der Waals surface area contributed by atoms with Crippen LogP contribution in [0.15, 0.2) is 60.8 Å². The van der Waals surface area contributed by atoms with Gasteiger partial charge in [0.25, 0.3) is 0 Å². The molecular weight excluding hydrogens is 733 g/mol. The van der Waals surface area contributed by atoms with Gasteiger partial charge in [-0.2, -0.15) is 0 Å². The number of rotatable bonds is 44. The molecule has 0 rings (SSSR count). The van der Waals surface area contributed by atoms with Gasteiger partial charge >= 0.3 is 17.9 Å². The molecule has 0 bridgehead atoms. The maximum absolute atomic E-state index is 12.7. The van der Waals surface area contributed by atoms with Gasteiger partial charge < -0.3 is 14.2 Å². The van der Waals surface area contributed by atoms with Crippen molar-refractivity contribution in [1.29, 1.82) is 0 Å². The Labute approximate surface area is 364 Å². The first kappa shape index (κ1) is 56.1. The Morgan fingerprint density at radius 2 is 0.678 bits per heavy atom. The Morgan fingerprint density at radius 3 is 1.15 bits per heavy atom. The molecule has 1 unspecified atom stereocenters. The second-order valence-electron chi connectivity index (χ2n) is 16.4. The second-order valence-corrected chi connectivity index (χ2v) is 16.4. The summed E-state index contributed by atoms with van der Waals surface area (Å²) in [6.07, 6.45) is 57.8. The molecule has 0 spiro atoms. The summed E-state index contributed by atoms with van der Waals surface area (Å²) >= 11 is 0. The van der Waals surface area contributed by atoms with Gasteiger partial charge in [-0.05, 0) is 96.3 Å². The quantitative estimate of drug-likeness (QED) is 0.0200. The lowest BCUT2D eigenvalue weighted by atomic mass is 10.1. The summed E-state index contributed by atoms with van der Waals surface area (Å²) in [5.41, 5.74) is 0. The van der Waals surface area contributed by atoms with E-state index in [-0.39, 0.29) is 31.1 Å². The van der Waals surface area contributed by atoms with Gasteiger partial charge in [-0.3, -0.25) is 14.4 Å². The lowest BCUT2D eigenvalue weighted by Crippen LogP contribution is -2.30. The van der Waals surface area contributed by atoms with Crippen molar-refractivity contribution >= 4 is 17.9 Å². The molecule has 6 nitrogen and oxygen atoms in total. The fourth-order valence-electron chi connectivity index (χ4n) is 6.70. The molecule has 0 saturated heterocycles. The highest BCUT2D eigenvalue weighted by molar-refractivity contribution is 5.71. The van der Waals surface area contributed by atoms with Gasteiger partial charge in [0.15, 0.2) is 6.10 Å². The third kappa shape index (κ3) is 46.0. The first-order valence-electron chi connectivity index (χ1n) is 24.8. The maximum Gasteiger partial charge on any atom is 0.306 e. The number of ether oxygens (including phenoxy) is 3. The monoisotopic (exact) mass is 825 g/mol. The van der Waals surface area contributed by atoms with Gasteiger partial charge in [0.05, 0.1) is 0 Å². The van der Waals surface area contributed by atoms with E-state index < -0.39 is 6.10 Å². The summed E-state index contributed by atoms with van der Waals surface area (Å²) in [7, 11) is 0. The number of hydrogen-bond acceptors (Lipinski definition) is 6. The molecule has 59 heavy (non-hydrogen) atoms. The van der Waals surface area contributed by atoms with Crippen molar-refractivity contribution in [3.05, 3.63) is 60.8 Å². The topological polar surface area (TPSA) is 78.9 Å². The SMILES string of the molecule is CCCCC/C=C\C=C/CCCCCCCCC(=O)OC(COC(=O)CCC/C=C\CCCCCC)COC(=O)CCCCCCCCC/C=C\C/C=C\CCCCC. The average Bonchev–Trinajstić information content (AvgIpc) is 3.23. The fourth-order valence-corrected chi connectivity index (χ4v) is 6.70. The molecule has 0 aliphatic heterocycles. The number of carbonyl (C=O) groups excluding carboxylic acids is 3. The lowest BCUT2D eigenvalue weighted by Gasteiger charge is -2.18. The van der Waals surface area contributed by atoms with Crippen LogP contribution in [0.1, 0.15) is 239 Å². The van der Waals surface area contributed by atoms with Crippen molar-refractivity contribution in [3.8, 4) is 0 Å². The summed E-state index contributed by atoms with van der Waals surface area (Å²) in [5.74, 6) is -0.948. The zero-order valence-electron chi connectivity index (χ0n) is 38.8. The number of hydrogen-bond donors (Lipinski definition) is 0. The van der Waals surface area contributed by atoms with Crippen molar-refractivity contribution in [3.63, 3.8) is 0 Å². The molecule has 0 heterocycles. The van der Waals surface area contributed by atoms with Gasteiger partial charge in [0.2, 0.25) is 0 Å². The first-order valence-corrected chi connectivity index (χ1v) is 24.8. The third-order valence-corrected chi connectivity index (χ3v) is 10.5. The zero-order valence-corrected chi connectivity index (χ0v) is 38.8. The van der Waals surface area contributed by atoms with Gasteiger partial charge in [-0.25, -0.2) is 0 Å². The van der Waals surface area contributed by atoms with Gasteiger partial charge in [-0.1, -0.05) is 184 Å². The number of carbonyl (C=O) groups is 3. The Morgan fingerprint density at radius 1 is 0.356 bits per heavy atom. The van der Waals surface area contributed by atoms with Crippen molar-refractivity contribution in [2.24, 2.45) is 0 Å². The van der Waals surface area contributed by atoms with Crippen LogP contribution in [0.5, 0.6) is 0 Å². The van der Waals surface area contributed by atoms with E-state index in [1.54, 1.807) is 0 Å². The van der Waals surface area contributed by atoms with Crippen LogP contribution < -0.4 is 0 Å². The van der Waals surface area contributed by atoms with Crippen LogP contribution >= 0.6 is 0 Å². The summed E-state index contributed by atoms with van der Waals surface area (Å²) in [4.78, 5) is 37.8. The normalized spacial score (nSPS) is 12.5. The number of allylic oxidation sites excluding steroid dienone is 10. The maximum atomic E-state index is 12.7. The van der Waals surface area contributed by atoms with Crippen LogP contribution in [0.2, 0.25) is 0 Å². The Balaban J connectivity index is 4.38. The second kappa shape index (κ2) is 47.8. The van der Waals surface area contributed by atoms with Crippen LogP contribution in [0, 0.1) is 0 Å². The first-order chi connectivity index (χ1) is 29.0. The molecule has 0 radical (unpaired) electrons. The Hall–Kier alpha value is -2.89. The molecule has 1 atom stereocenters. The van der Waals surface area contributed by atoms with E-state index in [1.165, 1.54) is 116 Å². The Kier molecular flexibility index (Phi) is 45.4. The van der Waals surface area contributed by atoms with E-state index in [2.05, 4.69) is 81.5 Å². The van der Waals surface area contributed by atoms with Crippen molar-refractivity contribution in [2.75, 3.05) is 13.2 Å². The lowest BCUT2D eigenvalue weighted by molar-refractivity contribution is -0.167. The van der Waals surface area contributed by atoms with E-state index in [4.69, 9.17) is 14.2 Å². The standard InChI is InChI=1S/C53H92O6/c1-4-7-10-13-16-19-21-23-25-26-28-29-31-34-37-40-43-46-52(55)58-49-50(48-57-51(54)45-42-39-36-33-18-15-12-9-6-3)59-53(56)47-44-41-38-35-32-30-27-24-22-20-17-14-11-8-5-2/h16-17,19-20,22-25,33,36,50H,4-15,18,21,26-32,34-35,37-49H2,1-3H3/b19-16-,20-17-,24-22-,25-23-,36-33-. The van der Waals surface area contributed by atoms with E-state index >= 15 is 0 Å². The molecule has 6 heteroatoms. The van der Waals surface area contributed by atoms with Crippen LogP contribution in [0.3, 0.4) is 0 Å². The molecule has 0 aliphatic carbocycles. The number of esters is 3. The molecular formula is C53H92O6. The molecule has 0 aromatic rings. The molecule has 0 fully saturated rings. The highest BCUT2D eigenvalue weighted by Crippen LogP contribution is 2.13. The summed E-state index contributed by atoms with van der Waals surface area (Å²) in [6, 6.07) is 0. The molecule has 0 aromatic heterocycles. The number of unbranched alkanes of at least 4 members (excludes halogenated alkanes) is 24. The van der Waals surface area contributed by atoms with E-state index in [0.29, 0.717) is 25.7 Å². The largest absolute Gasteiger partial charge is 0.462 e. The van der Waals surface area contributed by atoms with Crippen LogP contribution in [-0.4, -0.2) is 37.2 Å². The van der Waals surface area contributed by atoms with Gasteiger partial charge in [0.1, 0.15) is 13.2 Å². The summed E-state index contributed by atoms with van der Waals surface area (Å²) in [5, 5.41) is 0. The minimum absolute atomic E-state index is 0.0919. The highest BCUT2D eigenvalue weighted by atomic mass is 16.6. The predicted octanol–water partition coefficient (Wildman–Crippen LogP) is 16.1. The third-order valence-electron chi connectivity index (χ3n) is 10.5.